The number of nitrogens with two attached hydrogens (primary N) is 1. The van der Waals surface area contributed by atoms with Gasteiger partial charge in [0.05, 0.1) is 16.1 Å². The summed E-state index contributed by atoms with van der Waals surface area (Å²) in [6.45, 7) is 0. The Morgan fingerprint density at radius 1 is 1.24 bits per heavy atom. The van der Waals surface area contributed by atoms with Crippen LogP contribution in [0.5, 0.6) is 0 Å². The first-order chi connectivity index (χ1) is 9.77. The molecule has 1 amide bonds. The summed E-state index contributed by atoms with van der Waals surface area (Å²) in [6, 6.07) is 5.95. The second kappa shape index (κ2) is 5.61. The number of carbonyl (C=O) groups excluding carboxylic acids is 1. The molecule has 0 aliphatic rings. The minimum absolute atomic E-state index is 0.0199. The zero-order valence-corrected chi connectivity index (χ0v) is 11.2. The number of hydrogen-bond acceptors (Lipinski definition) is 3. The van der Waals surface area contributed by atoms with Crippen molar-refractivity contribution in [1.29, 1.82) is 0 Å². The summed E-state index contributed by atoms with van der Waals surface area (Å²) < 4.78 is 38.1. The number of carbonyl (C=O) groups is 1. The van der Waals surface area contributed by atoms with Gasteiger partial charge in [-0.1, -0.05) is 11.6 Å². The molecule has 0 atom stereocenters. The van der Waals surface area contributed by atoms with Crippen LogP contribution >= 0.6 is 11.6 Å². The first kappa shape index (κ1) is 15.1. The maximum Gasteiger partial charge on any atom is 0.417 e. The fourth-order valence-corrected chi connectivity index (χ4v) is 1.79. The van der Waals surface area contributed by atoms with Gasteiger partial charge >= 0.3 is 6.18 Å². The smallest absolute Gasteiger partial charge is 0.384 e. The Morgan fingerprint density at radius 3 is 2.52 bits per heavy atom. The second-order valence-electron chi connectivity index (χ2n) is 4.12. The molecular formula is C13H9ClF3N3O. The molecule has 1 heterocycles. The molecule has 0 bridgehead atoms. The molecule has 2 rings (SSSR count). The predicted molar refractivity (Wildman–Crippen MR) is 73.1 cm³/mol. The van der Waals surface area contributed by atoms with Gasteiger partial charge in [-0.05, 0) is 30.3 Å². The number of nitrogens with zero attached hydrogens (tertiary/aromatic N) is 1. The van der Waals surface area contributed by atoms with E-state index in [0.717, 1.165) is 12.1 Å². The van der Waals surface area contributed by atoms with Crippen LogP contribution in [-0.4, -0.2) is 10.9 Å². The lowest BCUT2D eigenvalue weighted by Crippen LogP contribution is -2.14. The number of anilines is 2. The summed E-state index contributed by atoms with van der Waals surface area (Å²) >= 11 is 5.50. The Kier molecular flexibility index (Phi) is 4.04. The predicted octanol–water partition coefficient (Wildman–Crippen LogP) is 3.59. The van der Waals surface area contributed by atoms with Gasteiger partial charge in [-0.3, -0.25) is 4.79 Å². The van der Waals surface area contributed by atoms with Crippen molar-refractivity contribution in [3.05, 3.63) is 52.7 Å². The standard InChI is InChI=1S/C13H9ClF3N3O/c14-10-3-2-8(5-9(10)13(15,16)17)20-12(21)7-1-4-11(18)19-6-7/h1-6H,(H2,18,19)(H,20,21). The van der Waals surface area contributed by atoms with Crippen LogP contribution < -0.4 is 11.1 Å². The van der Waals surface area contributed by atoms with Crippen LogP contribution in [-0.2, 0) is 6.18 Å². The molecule has 0 fully saturated rings. The Bertz CT molecular complexity index is 671. The van der Waals surface area contributed by atoms with Crippen molar-refractivity contribution in [2.24, 2.45) is 0 Å². The quantitative estimate of drug-likeness (QED) is 0.890. The Labute approximate surface area is 122 Å². The van der Waals surface area contributed by atoms with Gasteiger partial charge in [0.25, 0.3) is 5.91 Å². The molecule has 8 heteroatoms. The third-order valence-electron chi connectivity index (χ3n) is 2.58. The zero-order chi connectivity index (χ0) is 15.6. The number of aromatic nitrogens is 1. The van der Waals surface area contributed by atoms with Gasteiger partial charge in [0.15, 0.2) is 0 Å². The molecule has 0 spiro atoms. The van der Waals surface area contributed by atoms with E-state index in [1.807, 2.05) is 0 Å². The molecular weight excluding hydrogens is 307 g/mol. The second-order valence-corrected chi connectivity index (χ2v) is 4.53. The highest BCUT2D eigenvalue weighted by molar-refractivity contribution is 6.31. The molecule has 0 saturated heterocycles. The summed E-state index contributed by atoms with van der Waals surface area (Å²) in [7, 11) is 0. The van der Waals surface area contributed by atoms with Gasteiger partial charge in [0, 0.05) is 11.9 Å². The van der Waals surface area contributed by atoms with Crippen LogP contribution in [0.4, 0.5) is 24.7 Å². The van der Waals surface area contributed by atoms with E-state index in [2.05, 4.69) is 10.3 Å². The molecule has 1 aromatic carbocycles. The number of benzene rings is 1. The minimum Gasteiger partial charge on any atom is -0.384 e. The van der Waals surface area contributed by atoms with Crippen molar-refractivity contribution in [3.63, 3.8) is 0 Å². The van der Waals surface area contributed by atoms with E-state index >= 15 is 0 Å². The number of nitrogen functional groups attached to an aromatic ring is 1. The molecule has 0 saturated carbocycles. The van der Waals surface area contributed by atoms with Crippen molar-refractivity contribution in [2.75, 3.05) is 11.1 Å². The normalized spacial score (nSPS) is 11.2. The molecule has 3 N–H and O–H groups in total. The molecule has 0 aliphatic carbocycles. The SMILES string of the molecule is Nc1ccc(C(=O)Nc2ccc(Cl)c(C(F)(F)F)c2)cn1. The monoisotopic (exact) mass is 315 g/mol. The van der Waals surface area contributed by atoms with Crippen LogP contribution in [0.25, 0.3) is 0 Å². The number of halogens is 4. The van der Waals surface area contributed by atoms with Gasteiger partial charge in [-0.15, -0.1) is 0 Å². The molecule has 2 aromatic rings. The first-order valence-corrected chi connectivity index (χ1v) is 6.05. The average Bonchev–Trinajstić information content (AvgIpc) is 2.40. The highest BCUT2D eigenvalue weighted by Gasteiger charge is 2.33. The molecule has 110 valence electrons. The first-order valence-electron chi connectivity index (χ1n) is 5.67. The lowest BCUT2D eigenvalue weighted by atomic mass is 10.2. The van der Waals surface area contributed by atoms with Crippen molar-refractivity contribution < 1.29 is 18.0 Å². The Morgan fingerprint density at radius 2 is 1.95 bits per heavy atom. The lowest BCUT2D eigenvalue weighted by molar-refractivity contribution is -0.137. The topological polar surface area (TPSA) is 68.0 Å². The van der Waals surface area contributed by atoms with E-state index < -0.39 is 22.7 Å². The van der Waals surface area contributed by atoms with Gasteiger partial charge in [-0.25, -0.2) is 4.98 Å². The average molecular weight is 316 g/mol. The summed E-state index contributed by atoms with van der Waals surface area (Å²) in [4.78, 5) is 15.6. The number of pyridine rings is 1. The van der Waals surface area contributed by atoms with E-state index in [1.165, 1.54) is 24.4 Å². The molecule has 0 unspecified atom stereocenters. The van der Waals surface area contributed by atoms with E-state index in [4.69, 9.17) is 17.3 Å². The number of hydrogen-bond donors (Lipinski definition) is 2. The lowest BCUT2D eigenvalue weighted by Gasteiger charge is -2.11. The van der Waals surface area contributed by atoms with E-state index in [1.54, 1.807) is 0 Å². The number of rotatable bonds is 2. The Hall–Kier alpha value is -2.28. The van der Waals surface area contributed by atoms with Crippen molar-refractivity contribution in [1.82, 2.24) is 4.98 Å². The van der Waals surface area contributed by atoms with E-state index in [9.17, 15) is 18.0 Å². The molecule has 21 heavy (non-hydrogen) atoms. The summed E-state index contributed by atoms with van der Waals surface area (Å²) in [5, 5.41) is 1.90. The highest BCUT2D eigenvalue weighted by Crippen LogP contribution is 2.36. The maximum atomic E-state index is 12.7. The van der Waals surface area contributed by atoms with Gasteiger partial charge in [0.1, 0.15) is 5.82 Å². The molecule has 1 aromatic heterocycles. The van der Waals surface area contributed by atoms with Crippen LogP contribution in [0.1, 0.15) is 15.9 Å². The summed E-state index contributed by atoms with van der Waals surface area (Å²) in [6.07, 6.45) is -3.37. The number of nitrogens with one attached hydrogen (secondary N) is 1. The third kappa shape index (κ3) is 3.63. The molecule has 0 aliphatic heterocycles. The van der Waals surface area contributed by atoms with Crippen molar-refractivity contribution >= 4 is 29.0 Å². The summed E-state index contributed by atoms with van der Waals surface area (Å²) in [5.74, 6) is -0.365. The minimum atomic E-state index is -4.60. The van der Waals surface area contributed by atoms with E-state index in [-0.39, 0.29) is 17.1 Å². The number of alkyl halides is 3. The van der Waals surface area contributed by atoms with Gasteiger partial charge in [-0.2, -0.15) is 13.2 Å². The zero-order valence-electron chi connectivity index (χ0n) is 10.4. The fraction of sp³-hybridized carbons (Fsp3) is 0.0769. The van der Waals surface area contributed by atoms with Crippen LogP contribution in [0.3, 0.4) is 0 Å². The third-order valence-corrected chi connectivity index (χ3v) is 2.91. The maximum absolute atomic E-state index is 12.7. The summed E-state index contributed by atoms with van der Waals surface area (Å²) in [5.41, 5.74) is 4.52. The van der Waals surface area contributed by atoms with Crippen LogP contribution in [0.2, 0.25) is 5.02 Å². The van der Waals surface area contributed by atoms with Gasteiger partial charge < -0.3 is 11.1 Å². The molecule has 4 nitrogen and oxygen atoms in total. The fourth-order valence-electron chi connectivity index (χ4n) is 1.56. The number of amides is 1. The largest absolute Gasteiger partial charge is 0.417 e. The Balaban J connectivity index is 2.24. The van der Waals surface area contributed by atoms with Crippen molar-refractivity contribution in [2.45, 2.75) is 6.18 Å². The van der Waals surface area contributed by atoms with Crippen molar-refractivity contribution in [3.8, 4) is 0 Å². The van der Waals surface area contributed by atoms with Gasteiger partial charge in [0.2, 0.25) is 0 Å². The molecule has 0 radical (unpaired) electrons. The highest BCUT2D eigenvalue weighted by atomic mass is 35.5. The van der Waals surface area contributed by atoms with Crippen LogP contribution in [0, 0.1) is 0 Å². The van der Waals surface area contributed by atoms with Crippen LogP contribution in [0.15, 0.2) is 36.5 Å². The van der Waals surface area contributed by atoms with E-state index in [0.29, 0.717) is 0 Å².